The molecule has 0 amide bonds. The highest BCUT2D eigenvalue weighted by atomic mass is 35.5. The van der Waals surface area contributed by atoms with Gasteiger partial charge in [0.15, 0.2) is 15.8 Å². The van der Waals surface area contributed by atoms with E-state index in [4.69, 9.17) is 21.3 Å². The molecule has 0 aliphatic rings. The second-order valence-electron chi connectivity index (χ2n) is 7.80. The van der Waals surface area contributed by atoms with E-state index in [2.05, 4.69) is 46.5 Å². The van der Waals surface area contributed by atoms with E-state index >= 15 is 0 Å². The fraction of sp³-hybridized carbons (Fsp3) is 0.421. The number of rotatable bonds is 6. The molecule has 0 saturated heterocycles. The molecular formula is C19H25ClN4OSSi. The van der Waals surface area contributed by atoms with Crippen molar-refractivity contribution in [2.45, 2.75) is 46.3 Å². The molecule has 0 N–H and O–H groups in total. The molecule has 8 heteroatoms. The third kappa shape index (κ3) is 4.84. The summed E-state index contributed by atoms with van der Waals surface area (Å²) in [5.41, 5.74) is 2.97. The maximum atomic E-state index is 6.07. The quantitative estimate of drug-likeness (QED) is 0.401. The number of para-hydroxylation sites is 1. The lowest BCUT2D eigenvalue weighted by molar-refractivity contribution is 0.0884. The van der Waals surface area contributed by atoms with Crippen LogP contribution in [0.25, 0.3) is 10.2 Å². The summed E-state index contributed by atoms with van der Waals surface area (Å²) in [4.78, 5) is 5.64. The minimum atomic E-state index is -1.11. The van der Waals surface area contributed by atoms with Crippen LogP contribution in [-0.4, -0.2) is 29.4 Å². The third-order valence-corrected chi connectivity index (χ3v) is 7.57. The van der Waals surface area contributed by atoms with Gasteiger partial charge in [0.2, 0.25) is 0 Å². The molecule has 3 aromatic rings. The molecule has 0 radical (unpaired) electrons. The van der Waals surface area contributed by atoms with Crippen molar-refractivity contribution >= 4 is 47.0 Å². The SMILES string of the molecule is Cc1c(Cl)nnc(N=c2sc3ccccc3n2COCC[Si](C)(C)C)c1C. The summed E-state index contributed by atoms with van der Waals surface area (Å²) in [5.74, 6) is 0.597. The predicted octanol–water partition coefficient (Wildman–Crippen LogP) is 5.31. The van der Waals surface area contributed by atoms with Crippen molar-refractivity contribution in [1.82, 2.24) is 14.8 Å². The number of nitrogens with zero attached hydrogens (tertiary/aromatic N) is 4. The average Bonchev–Trinajstić information content (AvgIpc) is 2.96. The molecule has 144 valence electrons. The van der Waals surface area contributed by atoms with Crippen molar-refractivity contribution in [3.05, 3.63) is 45.3 Å². The van der Waals surface area contributed by atoms with Gasteiger partial charge in [0, 0.05) is 20.2 Å². The highest BCUT2D eigenvalue weighted by Crippen LogP contribution is 2.23. The van der Waals surface area contributed by atoms with E-state index in [1.807, 2.05) is 26.0 Å². The third-order valence-electron chi connectivity index (χ3n) is 4.45. The van der Waals surface area contributed by atoms with E-state index in [0.29, 0.717) is 17.7 Å². The van der Waals surface area contributed by atoms with Crippen LogP contribution in [0.15, 0.2) is 29.3 Å². The van der Waals surface area contributed by atoms with Crippen LogP contribution < -0.4 is 4.80 Å². The van der Waals surface area contributed by atoms with Crippen LogP contribution >= 0.6 is 22.9 Å². The largest absolute Gasteiger partial charge is 0.361 e. The van der Waals surface area contributed by atoms with Gasteiger partial charge in [-0.1, -0.05) is 54.7 Å². The topological polar surface area (TPSA) is 52.3 Å². The second kappa shape index (κ2) is 8.22. The molecule has 0 unspecified atom stereocenters. The average molecular weight is 421 g/mol. The van der Waals surface area contributed by atoms with Crippen molar-refractivity contribution < 1.29 is 4.74 Å². The monoisotopic (exact) mass is 420 g/mol. The summed E-state index contributed by atoms with van der Waals surface area (Å²) < 4.78 is 9.28. The molecule has 0 saturated carbocycles. The Hall–Kier alpha value is -1.54. The van der Waals surface area contributed by atoms with Crippen LogP contribution in [0.5, 0.6) is 0 Å². The fourth-order valence-corrected chi connectivity index (χ4v) is 4.48. The van der Waals surface area contributed by atoms with Gasteiger partial charge in [-0.05, 0) is 37.6 Å². The summed E-state index contributed by atoms with van der Waals surface area (Å²) in [6.45, 7) is 12.2. The molecule has 0 bridgehead atoms. The van der Waals surface area contributed by atoms with Gasteiger partial charge in [0.05, 0.1) is 10.2 Å². The van der Waals surface area contributed by atoms with Gasteiger partial charge >= 0.3 is 0 Å². The first-order valence-electron chi connectivity index (χ1n) is 8.96. The molecule has 0 aliphatic heterocycles. The summed E-state index contributed by atoms with van der Waals surface area (Å²) >= 11 is 7.70. The summed E-state index contributed by atoms with van der Waals surface area (Å²) in [6, 6.07) is 9.41. The van der Waals surface area contributed by atoms with E-state index in [1.165, 1.54) is 4.70 Å². The van der Waals surface area contributed by atoms with E-state index in [-0.39, 0.29) is 0 Å². The van der Waals surface area contributed by atoms with Crippen molar-refractivity contribution in [1.29, 1.82) is 0 Å². The maximum absolute atomic E-state index is 6.07. The van der Waals surface area contributed by atoms with Gasteiger partial charge < -0.3 is 4.74 Å². The number of aromatic nitrogens is 3. The Labute approximate surface area is 169 Å². The summed E-state index contributed by atoms with van der Waals surface area (Å²) in [7, 11) is -1.11. The molecule has 0 atom stereocenters. The van der Waals surface area contributed by atoms with E-state index in [1.54, 1.807) is 11.3 Å². The van der Waals surface area contributed by atoms with Crippen molar-refractivity contribution in [2.75, 3.05) is 6.61 Å². The summed E-state index contributed by atoms with van der Waals surface area (Å²) in [6.07, 6.45) is 0. The molecule has 27 heavy (non-hydrogen) atoms. The highest BCUT2D eigenvalue weighted by molar-refractivity contribution is 7.16. The fourth-order valence-electron chi connectivity index (χ4n) is 2.53. The van der Waals surface area contributed by atoms with Gasteiger partial charge in [-0.25, -0.2) is 0 Å². The standard InChI is InChI=1S/C19H25ClN4OSSi/c1-13-14(2)18(23-22-17(13)20)21-19-24(12-25-10-11-27(3,4)5)15-8-6-7-9-16(15)26-19/h6-9H,10-12H2,1-5H3. The molecule has 0 aliphatic carbocycles. The van der Waals surface area contributed by atoms with Crippen LogP contribution in [0.2, 0.25) is 30.8 Å². The summed E-state index contributed by atoms with van der Waals surface area (Å²) in [5, 5.41) is 8.62. The van der Waals surface area contributed by atoms with Gasteiger partial charge in [-0.3, -0.25) is 4.57 Å². The molecule has 0 fully saturated rings. The molecule has 0 spiro atoms. The van der Waals surface area contributed by atoms with E-state index in [0.717, 1.165) is 34.1 Å². The Bertz CT molecular complexity index is 1020. The molecule has 3 rings (SSSR count). The Kier molecular flexibility index (Phi) is 6.15. The van der Waals surface area contributed by atoms with Crippen molar-refractivity contribution in [3.63, 3.8) is 0 Å². The van der Waals surface area contributed by atoms with Crippen LogP contribution in [0.4, 0.5) is 5.82 Å². The molecule has 2 aromatic heterocycles. The number of thiazole rings is 1. The van der Waals surface area contributed by atoms with Crippen LogP contribution in [0, 0.1) is 13.8 Å². The zero-order chi connectivity index (χ0) is 19.6. The van der Waals surface area contributed by atoms with Gasteiger partial charge in [-0.2, -0.15) is 4.99 Å². The molecule has 2 heterocycles. The normalized spacial score (nSPS) is 12.9. The minimum Gasteiger partial charge on any atom is -0.361 e. The first-order chi connectivity index (χ1) is 12.8. The van der Waals surface area contributed by atoms with Gasteiger partial charge in [0.25, 0.3) is 0 Å². The number of ether oxygens (including phenoxy) is 1. The van der Waals surface area contributed by atoms with E-state index < -0.39 is 8.07 Å². The van der Waals surface area contributed by atoms with E-state index in [9.17, 15) is 0 Å². The first-order valence-corrected chi connectivity index (χ1v) is 13.9. The maximum Gasteiger partial charge on any atom is 0.194 e. The molecule has 5 nitrogen and oxygen atoms in total. The lowest BCUT2D eigenvalue weighted by atomic mass is 10.2. The smallest absolute Gasteiger partial charge is 0.194 e. The van der Waals surface area contributed by atoms with Crippen molar-refractivity contribution in [3.8, 4) is 0 Å². The number of hydrogen-bond donors (Lipinski definition) is 0. The first kappa shape index (κ1) is 20.2. The molecular weight excluding hydrogens is 396 g/mol. The Morgan fingerprint density at radius 3 is 2.63 bits per heavy atom. The lowest BCUT2D eigenvalue weighted by Crippen LogP contribution is -2.23. The van der Waals surface area contributed by atoms with Crippen molar-refractivity contribution in [2.24, 2.45) is 4.99 Å². The van der Waals surface area contributed by atoms with Gasteiger partial charge in [0.1, 0.15) is 6.73 Å². The Balaban J connectivity index is 1.99. The number of fused-ring (bicyclic) bond motifs is 1. The van der Waals surface area contributed by atoms with Crippen LogP contribution in [0.1, 0.15) is 11.1 Å². The minimum absolute atomic E-state index is 0.422. The second-order valence-corrected chi connectivity index (χ2v) is 14.8. The number of halogens is 1. The Morgan fingerprint density at radius 1 is 1.15 bits per heavy atom. The van der Waals surface area contributed by atoms with Crippen LogP contribution in [0.3, 0.4) is 0 Å². The number of benzene rings is 1. The zero-order valence-corrected chi connectivity index (χ0v) is 19.0. The lowest BCUT2D eigenvalue weighted by Gasteiger charge is -2.15. The predicted molar refractivity (Wildman–Crippen MR) is 116 cm³/mol. The van der Waals surface area contributed by atoms with Crippen LogP contribution in [-0.2, 0) is 11.5 Å². The Morgan fingerprint density at radius 2 is 1.89 bits per heavy atom. The van der Waals surface area contributed by atoms with Gasteiger partial charge in [-0.15, -0.1) is 10.2 Å². The number of hydrogen-bond acceptors (Lipinski definition) is 5. The highest BCUT2D eigenvalue weighted by Gasteiger charge is 2.13. The molecule has 1 aromatic carbocycles. The zero-order valence-electron chi connectivity index (χ0n) is 16.4.